The minimum Gasteiger partial charge on any atom is -0.489 e. The van der Waals surface area contributed by atoms with Gasteiger partial charge in [-0.15, -0.1) is 0 Å². The zero-order chi connectivity index (χ0) is 14.8. The van der Waals surface area contributed by atoms with Crippen LogP contribution in [0.15, 0.2) is 46.9 Å². The largest absolute Gasteiger partial charge is 0.495 e. The van der Waals surface area contributed by atoms with Crippen molar-refractivity contribution in [3.63, 3.8) is 0 Å². The lowest BCUT2D eigenvalue weighted by molar-refractivity contribution is 0.197. The van der Waals surface area contributed by atoms with E-state index in [1.165, 1.54) is 0 Å². The second-order valence-corrected chi connectivity index (χ2v) is 5.71. The van der Waals surface area contributed by atoms with Crippen LogP contribution in [0.3, 0.4) is 0 Å². The summed E-state index contributed by atoms with van der Waals surface area (Å²) in [5.41, 5.74) is 8.30. The van der Waals surface area contributed by atoms with E-state index in [0.717, 1.165) is 15.6 Å². The van der Waals surface area contributed by atoms with Crippen LogP contribution in [0, 0.1) is 0 Å². The molecule has 2 aromatic rings. The van der Waals surface area contributed by atoms with Crippen LogP contribution in [-0.4, -0.2) is 18.7 Å². The van der Waals surface area contributed by atoms with E-state index in [0.29, 0.717) is 24.4 Å². The molecule has 1 aliphatic rings. The second-order valence-electron chi connectivity index (χ2n) is 4.86. The summed E-state index contributed by atoms with van der Waals surface area (Å²) < 4.78 is 12.2. The van der Waals surface area contributed by atoms with Crippen molar-refractivity contribution in [3.05, 3.63) is 58.1 Å². The molecule has 2 aromatic carbocycles. The second kappa shape index (κ2) is 6.19. The fraction of sp³-hybridized carbons (Fsp3) is 0.200. The molecule has 0 radical (unpaired) electrons. The number of benzene rings is 2. The van der Waals surface area contributed by atoms with Crippen molar-refractivity contribution in [1.29, 1.82) is 0 Å². The summed E-state index contributed by atoms with van der Waals surface area (Å²) in [5.74, 6) is 0.625. The Balaban J connectivity index is 1.89. The van der Waals surface area contributed by atoms with Gasteiger partial charge in [-0.05, 0) is 23.3 Å². The molecular weight excluding hydrogens is 333 g/mol. The number of nitrogens with two attached hydrogens (primary N) is 1. The first-order valence-electron chi connectivity index (χ1n) is 6.73. The molecule has 0 spiro atoms. The number of rotatable bonds is 4. The molecule has 0 fully saturated rings. The van der Waals surface area contributed by atoms with E-state index in [1.807, 2.05) is 42.5 Å². The van der Waals surface area contributed by atoms with Gasteiger partial charge in [-0.3, -0.25) is 0 Å². The molecule has 0 saturated heterocycles. The van der Waals surface area contributed by atoms with Crippen LogP contribution in [0.5, 0.6) is 5.75 Å². The molecular formula is C15H15BBrNO3. The van der Waals surface area contributed by atoms with Crippen molar-refractivity contribution in [3.8, 4) is 5.75 Å². The van der Waals surface area contributed by atoms with E-state index in [1.54, 1.807) is 0 Å². The van der Waals surface area contributed by atoms with Gasteiger partial charge < -0.3 is 20.1 Å². The average molecular weight is 348 g/mol. The summed E-state index contributed by atoms with van der Waals surface area (Å²) in [7, 11) is -1.00. The third-order valence-corrected chi connectivity index (χ3v) is 4.20. The Kier molecular flexibility index (Phi) is 4.31. The summed E-state index contributed by atoms with van der Waals surface area (Å²) in [6, 6.07) is 13.6. The van der Waals surface area contributed by atoms with Crippen molar-refractivity contribution in [2.24, 2.45) is 5.73 Å². The number of ether oxygens (including phenoxy) is 1. The van der Waals surface area contributed by atoms with Crippen molar-refractivity contribution in [2.45, 2.75) is 12.7 Å². The molecule has 6 heteroatoms. The molecule has 0 aromatic heterocycles. The highest BCUT2D eigenvalue weighted by Gasteiger charge is 2.38. The maximum atomic E-state index is 10.1. The third-order valence-electron chi connectivity index (χ3n) is 3.51. The molecule has 1 unspecified atom stereocenters. The smallest absolute Gasteiger partial charge is 0.489 e. The molecule has 1 atom stereocenters. The summed E-state index contributed by atoms with van der Waals surface area (Å²) >= 11 is 3.48. The van der Waals surface area contributed by atoms with Crippen molar-refractivity contribution in [2.75, 3.05) is 6.54 Å². The van der Waals surface area contributed by atoms with Crippen LogP contribution in [0.2, 0.25) is 0 Å². The lowest BCUT2D eigenvalue weighted by Gasteiger charge is -2.13. The minimum atomic E-state index is -1.00. The molecule has 0 saturated carbocycles. The molecule has 3 N–H and O–H groups in total. The molecule has 4 nitrogen and oxygen atoms in total. The summed E-state index contributed by atoms with van der Waals surface area (Å²) in [6.45, 7) is 0.750. The molecule has 21 heavy (non-hydrogen) atoms. The van der Waals surface area contributed by atoms with Gasteiger partial charge in [0.2, 0.25) is 0 Å². The highest BCUT2D eigenvalue weighted by Crippen LogP contribution is 2.33. The van der Waals surface area contributed by atoms with Gasteiger partial charge in [0, 0.05) is 16.5 Å². The quantitative estimate of drug-likeness (QED) is 0.827. The standard InChI is InChI=1S/C15H15BBrNO3/c17-11-6-7-12(20-9-10-4-2-1-3-5-10)15-14(11)13(8-18)21-16(15)19/h1-7,13,19H,8-9,18H2. The molecule has 0 bridgehead atoms. The zero-order valence-corrected chi connectivity index (χ0v) is 12.9. The summed E-state index contributed by atoms with van der Waals surface area (Å²) in [4.78, 5) is 0. The minimum absolute atomic E-state index is 0.310. The molecule has 0 amide bonds. The van der Waals surface area contributed by atoms with E-state index in [2.05, 4.69) is 15.9 Å². The number of fused-ring (bicyclic) bond motifs is 1. The maximum Gasteiger partial charge on any atom is 0.495 e. The Bertz CT molecular complexity index is 638. The lowest BCUT2D eigenvalue weighted by atomic mass is 9.78. The van der Waals surface area contributed by atoms with Gasteiger partial charge in [0.05, 0.1) is 6.10 Å². The van der Waals surface area contributed by atoms with Crippen LogP contribution in [0.25, 0.3) is 0 Å². The van der Waals surface area contributed by atoms with E-state index >= 15 is 0 Å². The van der Waals surface area contributed by atoms with E-state index in [4.69, 9.17) is 15.1 Å². The zero-order valence-electron chi connectivity index (χ0n) is 11.3. The van der Waals surface area contributed by atoms with E-state index in [-0.39, 0.29) is 6.10 Å². The Morgan fingerprint density at radius 2 is 2.00 bits per heavy atom. The Labute approximate surface area is 132 Å². The van der Waals surface area contributed by atoms with Gasteiger partial charge in [0.25, 0.3) is 0 Å². The van der Waals surface area contributed by atoms with Gasteiger partial charge in [-0.1, -0.05) is 46.3 Å². The predicted molar refractivity (Wildman–Crippen MR) is 85.4 cm³/mol. The normalized spacial score (nSPS) is 16.9. The summed E-state index contributed by atoms with van der Waals surface area (Å²) in [5, 5.41) is 10.1. The number of hydrogen-bond donors (Lipinski definition) is 2. The van der Waals surface area contributed by atoms with Crippen LogP contribution in [0.1, 0.15) is 17.2 Å². The summed E-state index contributed by atoms with van der Waals surface area (Å²) in [6.07, 6.45) is -0.315. The molecule has 1 aliphatic heterocycles. The first-order valence-corrected chi connectivity index (χ1v) is 7.52. The van der Waals surface area contributed by atoms with Gasteiger partial charge in [0.1, 0.15) is 12.4 Å². The fourth-order valence-corrected chi connectivity index (χ4v) is 3.10. The van der Waals surface area contributed by atoms with E-state index < -0.39 is 7.12 Å². The first kappa shape index (κ1) is 14.6. The molecule has 0 aliphatic carbocycles. The Morgan fingerprint density at radius 3 is 2.71 bits per heavy atom. The highest BCUT2D eigenvalue weighted by molar-refractivity contribution is 9.10. The first-order chi connectivity index (χ1) is 10.2. The average Bonchev–Trinajstić information content (AvgIpc) is 2.86. The van der Waals surface area contributed by atoms with Gasteiger partial charge in [-0.2, -0.15) is 0 Å². The predicted octanol–water partition coefficient (Wildman–Crippen LogP) is 1.75. The number of halogens is 1. The highest BCUT2D eigenvalue weighted by atomic mass is 79.9. The van der Waals surface area contributed by atoms with E-state index in [9.17, 15) is 5.02 Å². The Morgan fingerprint density at radius 1 is 1.24 bits per heavy atom. The van der Waals surface area contributed by atoms with Crippen molar-refractivity contribution >= 4 is 28.5 Å². The van der Waals surface area contributed by atoms with Gasteiger partial charge in [-0.25, -0.2) is 0 Å². The molecule has 3 rings (SSSR count). The monoisotopic (exact) mass is 347 g/mol. The van der Waals surface area contributed by atoms with Crippen LogP contribution in [-0.2, 0) is 11.3 Å². The van der Waals surface area contributed by atoms with Crippen LogP contribution in [0.4, 0.5) is 0 Å². The number of hydrogen-bond acceptors (Lipinski definition) is 4. The molecule has 1 heterocycles. The maximum absolute atomic E-state index is 10.1. The van der Waals surface area contributed by atoms with Crippen LogP contribution < -0.4 is 15.9 Å². The third kappa shape index (κ3) is 2.85. The van der Waals surface area contributed by atoms with Gasteiger partial charge in [0.15, 0.2) is 0 Å². The van der Waals surface area contributed by atoms with Crippen molar-refractivity contribution < 1.29 is 14.4 Å². The SMILES string of the molecule is NCC1OB(O)c2c(OCc3ccccc3)ccc(Br)c21. The topological polar surface area (TPSA) is 64.7 Å². The molecule has 108 valence electrons. The van der Waals surface area contributed by atoms with Crippen molar-refractivity contribution in [1.82, 2.24) is 0 Å². The van der Waals surface area contributed by atoms with Gasteiger partial charge >= 0.3 is 7.12 Å². The fourth-order valence-electron chi connectivity index (χ4n) is 2.50. The van der Waals surface area contributed by atoms with Crippen LogP contribution >= 0.6 is 15.9 Å². The Hall–Kier alpha value is -1.34. The lowest BCUT2D eigenvalue weighted by Crippen LogP contribution is -2.30.